The maximum atomic E-state index is 4.25. The third-order valence-electron chi connectivity index (χ3n) is 2.57. The Labute approximate surface area is 114 Å². The molecule has 18 heavy (non-hydrogen) atoms. The first-order valence-corrected chi connectivity index (χ1v) is 6.62. The standard InChI is InChI=1S/C14H12N2Si2/c1-9-3-5-11(13(17)7-9)15-16-12-6-4-10(2)8-14(12)18/h3-8H,1-2H3. The fraction of sp³-hybridized carbons (Fsp3) is 0.143. The fourth-order valence-electron chi connectivity index (χ4n) is 1.58. The average molecular weight is 264 g/mol. The number of hydrogen-bond donors (Lipinski definition) is 0. The zero-order chi connectivity index (χ0) is 13.1. The quantitative estimate of drug-likeness (QED) is 0.587. The Balaban J connectivity index is 2.30. The van der Waals surface area contributed by atoms with E-state index in [1.54, 1.807) is 0 Å². The minimum atomic E-state index is 0.823. The van der Waals surface area contributed by atoms with E-state index in [2.05, 4.69) is 30.7 Å². The lowest BCUT2D eigenvalue weighted by molar-refractivity contribution is 1.24. The van der Waals surface area contributed by atoms with Crippen LogP contribution in [0.5, 0.6) is 0 Å². The average Bonchev–Trinajstić information content (AvgIpc) is 2.30. The van der Waals surface area contributed by atoms with Gasteiger partial charge >= 0.3 is 0 Å². The van der Waals surface area contributed by atoms with E-state index >= 15 is 0 Å². The van der Waals surface area contributed by atoms with Gasteiger partial charge in [-0.1, -0.05) is 35.4 Å². The van der Waals surface area contributed by atoms with Gasteiger partial charge in [0.15, 0.2) is 0 Å². The van der Waals surface area contributed by atoms with E-state index in [0.29, 0.717) is 0 Å². The van der Waals surface area contributed by atoms with Crippen molar-refractivity contribution in [3.05, 3.63) is 47.5 Å². The summed E-state index contributed by atoms with van der Waals surface area (Å²) in [5, 5.41) is 10.4. The molecule has 2 nitrogen and oxygen atoms in total. The van der Waals surface area contributed by atoms with Crippen LogP contribution in [0.15, 0.2) is 46.6 Å². The molecule has 0 saturated carbocycles. The van der Waals surface area contributed by atoms with Crippen LogP contribution in [0.4, 0.5) is 11.4 Å². The Morgan fingerprint density at radius 2 is 1.11 bits per heavy atom. The second kappa shape index (κ2) is 5.41. The van der Waals surface area contributed by atoms with Gasteiger partial charge in [-0.25, -0.2) is 0 Å². The van der Waals surface area contributed by atoms with E-state index in [9.17, 15) is 0 Å². The molecule has 0 heterocycles. The smallest absolute Gasteiger partial charge is 0.0841 e. The molecule has 86 valence electrons. The predicted molar refractivity (Wildman–Crippen MR) is 77.3 cm³/mol. The van der Waals surface area contributed by atoms with Crippen LogP contribution in [0.3, 0.4) is 0 Å². The first kappa shape index (κ1) is 12.9. The van der Waals surface area contributed by atoms with Crippen molar-refractivity contribution in [1.29, 1.82) is 0 Å². The Morgan fingerprint density at radius 1 is 0.722 bits per heavy atom. The van der Waals surface area contributed by atoms with Gasteiger partial charge in [-0.15, -0.1) is 0 Å². The molecule has 6 radical (unpaired) electrons. The van der Waals surface area contributed by atoms with Gasteiger partial charge in [0.2, 0.25) is 0 Å². The molecule has 0 spiro atoms. The zero-order valence-corrected chi connectivity index (χ0v) is 12.4. The normalized spacial score (nSPS) is 11.1. The third kappa shape index (κ3) is 3.02. The van der Waals surface area contributed by atoms with Crippen molar-refractivity contribution < 1.29 is 0 Å². The van der Waals surface area contributed by atoms with Gasteiger partial charge in [0.05, 0.1) is 31.9 Å². The zero-order valence-electron chi connectivity index (χ0n) is 10.4. The van der Waals surface area contributed by atoms with Crippen LogP contribution >= 0.6 is 0 Å². The molecule has 0 fully saturated rings. The Morgan fingerprint density at radius 3 is 1.44 bits per heavy atom. The van der Waals surface area contributed by atoms with Gasteiger partial charge in [0.25, 0.3) is 0 Å². The SMILES string of the molecule is Cc1ccc(N=Nc2ccc(C)cc2[Si])c([Si])c1. The molecule has 0 bridgehead atoms. The van der Waals surface area contributed by atoms with E-state index in [4.69, 9.17) is 0 Å². The van der Waals surface area contributed by atoms with Gasteiger partial charge in [0.1, 0.15) is 0 Å². The molecule has 0 unspecified atom stereocenters. The molecule has 2 rings (SSSR count). The Hall–Kier alpha value is -1.53. The number of benzene rings is 2. The van der Waals surface area contributed by atoms with Gasteiger partial charge in [-0.2, -0.15) is 10.2 Å². The van der Waals surface area contributed by atoms with Crippen LogP contribution in [0.2, 0.25) is 0 Å². The first-order chi connectivity index (χ1) is 8.56. The summed E-state index contributed by atoms with van der Waals surface area (Å²) in [5.74, 6) is 0. The molecular formula is C14H12N2Si2. The highest BCUT2D eigenvalue weighted by atomic mass is 28.1. The second-order valence-corrected chi connectivity index (χ2v) is 5.32. The van der Waals surface area contributed by atoms with Gasteiger partial charge in [0, 0.05) is 0 Å². The maximum absolute atomic E-state index is 4.25. The predicted octanol–water partition coefficient (Wildman–Crippen LogP) is 2.31. The van der Waals surface area contributed by atoms with Gasteiger partial charge in [-0.3, -0.25) is 0 Å². The number of rotatable bonds is 2. The highest BCUT2D eigenvalue weighted by Gasteiger charge is 1.99. The molecule has 0 amide bonds. The van der Waals surface area contributed by atoms with Crippen molar-refractivity contribution in [2.24, 2.45) is 10.2 Å². The monoisotopic (exact) mass is 264 g/mol. The molecule has 0 saturated heterocycles. The highest BCUT2D eigenvalue weighted by Crippen LogP contribution is 2.15. The van der Waals surface area contributed by atoms with Gasteiger partial charge in [-0.05, 0) is 36.4 Å². The molecular weight excluding hydrogens is 252 g/mol. The van der Waals surface area contributed by atoms with Crippen molar-refractivity contribution in [3.8, 4) is 0 Å². The van der Waals surface area contributed by atoms with Gasteiger partial charge < -0.3 is 0 Å². The Bertz CT molecular complexity index is 553. The fourth-order valence-corrected chi connectivity index (χ4v) is 2.30. The maximum Gasteiger partial charge on any atom is 0.0841 e. The van der Waals surface area contributed by atoms with Crippen molar-refractivity contribution in [1.82, 2.24) is 0 Å². The second-order valence-electron chi connectivity index (χ2n) is 4.24. The number of azo groups is 1. The summed E-state index contributed by atoms with van der Waals surface area (Å²) < 4.78 is 0. The minimum Gasteiger partial charge on any atom is -0.151 e. The molecule has 0 aromatic heterocycles. The summed E-state index contributed by atoms with van der Waals surface area (Å²) in [6, 6.07) is 12.0. The van der Waals surface area contributed by atoms with Crippen molar-refractivity contribution in [2.75, 3.05) is 0 Å². The van der Waals surface area contributed by atoms with Crippen LogP contribution < -0.4 is 10.4 Å². The molecule has 0 N–H and O–H groups in total. The lowest BCUT2D eigenvalue weighted by Gasteiger charge is -2.02. The Kier molecular flexibility index (Phi) is 3.88. The molecule has 0 atom stereocenters. The molecule has 4 heteroatoms. The minimum absolute atomic E-state index is 0.823. The largest absolute Gasteiger partial charge is 0.151 e. The number of nitrogens with zero attached hydrogens (tertiary/aromatic N) is 2. The third-order valence-corrected chi connectivity index (χ3v) is 3.37. The summed E-state index contributed by atoms with van der Waals surface area (Å²) in [6.07, 6.45) is 0. The summed E-state index contributed by atoms with van der Waals surface area (Å²) in [4.78, 5) is 0. The van der Waals surface area contributed by atoms with Crippen LogP contribution in [0, 0.1) is 13.8 Å². The van der Waals surface area contributed by atoms with E-state index in [1.165, 1.54) is 11.1 Å². The topological polar surface area (TPSA) is 24.7 Å². The van der Waals surface area contributed by atoms with Crippen LogP contribution in [0.1, 0.15) is 11.1 Å². The number of hydrogen-bond acceptors (Lipinski definition) is 2. The van der Waals surface area contributed by atoms with Crippen LogP contribution in [-0.4, -0.2) is 20.5 Å². The highest BCUT2D eigenvalue weighted by molar-refractivity contribution is 6.36. The van der Waals surface area contributed by atoms with E-state index < -0.39 is 0 Å². The van der Waals surface area contributed by atoms with Crippen molar-refractivity contribution in [2.45, 2.75) is 13.8 Å². The molecule has 2 aromatic rings. The lowest BCUT2D eigenvalue weighted by Crippen LogP contribution is -2.04. The van der Waals surface area contributed by atoms with Crippen molar-refractivity contribution >= 4 is 42.2 Å². The molecule has 0 aliphatic carbocycles. The van der Waals surface area contributed by atoms with E-state index in [0.717, 1.165) is 21.7 Å². The van der Waals surface area contributed by atoms with Crippen molar-refractivity contribution in [3.63, 3.8) is 0 Å². The summed E-state index contributed by atoms with van der Waals surface area (Å²) >= 11 is 0. The molecule has 0 aliphatic rings. The summed E-state index contributed by atoms with van der Waals surface area (Å²) in [7, 11) is 7.08. The number of aryl methyl sites for hydroxylation is 2. The van der Waals surface area contributed by atoms with E-state index in [1.807, 2.05) is 50.2 Å². The van der Waals surface area contributed by atoms with Crippen LogP contribution in [0.25, 0.3) is 0 Å². The molecule has 2 aromatic carbocycles. The first-order valence-electron chi connectivity index (χ1n) is 5.62. The van der Waals surface area contributed by atoms with E-state index in [-0.39, 0.29) is 0 Å². The lowest BCUT2D eigenvalue weighted by atomic mass is 10.2. The summed E-state index contributed by atoms with van der Waals surface area (Å²) in [6.45, 7) is 4.09. The molecule has 0 aliphatic heterocycles. The van der Waals surface area contributed by atoms with Crippen LogP contribution in [-0.2, 0) is 0 Å². The summed E-state index contributed by atoms with van der Waals surface area (Å²) in [5.41, 5.74) is 4.03.